The standard InChI is InChI=1S/C22H27ClFN5O2.C2H6/c1-22(2,21(30)25-3)28-11-13-9-14-17(10-18(13)31-4)26-12-27-20(14)29-16-8-6-5-7-15(23)19(16)24;1-2/h7,9-10,12,28H,5-6,8,11H2,1-4H3,(H,25,30)(H,26,27,29);1-2H3. The van der Waals surface area contributed by atoms with Gasteiger partial charge in [0.2, 0.25) is 5.91 Å². The van der Waals surface area contributed by atoms with E-state index < -0.39 is 11.4 Å². The number of hydrogen-bond donors (Lipinski definition) is 3. The number of aromatic nitrogens is 2. The van der Waals surface area contributed by atoms with Crippen LogP contribution >= 0.6 is 11.6 Å². The molecule has 7 nitrogen and oxygen atoms in total. The predicted octanol–water partition coefficient (Wildman–Crippen LogP) is 5.18. The number of hydrogen-bond acceptors (Lipinski definition) is 6. The van der Waals surface area contributed by atoms with Crippen LogP contribution in [0.15, 0.2) is 41.1 Å². The first-order valence-electron chi connectivity index (χ1n) is 11.1. The molecule has 0 fully saturated rings. The van der Waals surface area contributed by atoms with Gasteiger partial charge in [0.05, 0.1) is 28.9 Å². The van der Waals surface area contributed by atoms with E-state index in [9.17, 15) is 9.18 Å². The Labute approximate surface area is 199 Å². The molecule has 1 heterocycles. The Balaban J connectivity index is 0.00000187. The summed E-state index contributed by atoms with van der Waals surface area (Å²) >= 11 is 6.03. The summed E-state index contributed by atoms with van der Waals surface area (Å²) in [7, 11) is 3.18. The SMILES string of the molecule is CC.CNC(=O)C(C)(C)NCc1cc2c(NC3=C(F)C(Cl)=CCCC3)ncnc2cc1OC. The van der Waals surface area contributed by atoms with Gasteiger partial charge >= 0.3 is 0 Å². The summed E-state index contributed by atoms with van der Waals surface area (Å²) in [5.74, 6) is 0.520. The van der Waals surface area contributed by atoms with E-state index in [2.05, 4.69) is 25.9 Å². The van der Waals surface area contributed by atoms with Crippen LogP contribution in [0, 0.1) is 0 Å². The molecule has 2 aromatic rings. The molecule has 0 aliphatic heterocycles. The van der Waals surface area contributed by atoms with Crippen molar-refractivity contribution in [3.8, 4) is 5.75 Å². The number of methoxy groups -OCH3 is 1. The lowest BCUT2D eigenvalue weighted by Crippen LogP contribution is -2.51. The fourth-order valence-corrected chi connectivity index (χ4v) is 3.60. The molecular weight excluding hydrogens is 445 g/mol. The van der Waals surface area contributed by atoms with E-state index in [1.165, 1.54) is 6.33 Å². The number of amides is 1. The number of anilines is 1. The summed E-state index contributed by atoms with van der Waals surface area (Å²) in [6.07, 6.45) is 5.13. The van der Waals surface area contributed by atoms with Crippen molar-refractivity contribution in [2.75, 3.05) is 19.5 Å². The van der Waals surface area contributed by atoms with E-state index in [4.69, 9.17) is 16.3 Å². The maximum Gasteiger partial charge on any atom is 0.239 e. The zero-order valence-electron chi connectivity index (χ0n) is 20.1. The first kappa shape index (κ1) is 26.5. The second kappa shape index (κ2) is 12.0. The molecule has 0 bridgehead atoms. The molecule has 1 amide bonds. The molecule has 0 unspecified atom stereocenters. The minimum absolute atomic E-state index is 0.112. The van der Waals surface area contributed by atoms with Gasteiger partial charge in [-0.3, -0.25) is 10.1 Å². The van der Waals surface area contributed by atoms with Crippen LogP contribution in [-0.4, -0.2) is 35.6 Å². The number of halogens is 2. The van der Waals surface area contributed by atoms with Crippen molar-refractivity contribution in [2.45, 2.75) is 59.0 Å². The van der Waals surface area contributed by atoms with Crippen molar-refractivity contribution in [1.29, 1.82) is 0 Å². The molecule has 0 saturated carbocycles. The molecule has 0 saturated heterocycles. The number of carbonyl (C=O) groups excluding carboxylic acids is 1. The van der Waals surface area contributed by atoms with E-state index in [0.29, 0.717) is 41.1 Å². The number of nitrogens with one attached hydrogen (secondary N) is 3. The molecule has 33 heavy (non-hydrogen) atoms. The highest BCUT2D eigenvalue weighted by Crippen LogP contribution is 2.32. The molecule has 0 radical (unpaired) electrons. The maximum absolute atomic E-state index is 14.7. The van der Waals surface area contributed by atoms with Crippen molar-refractivity contribution in [3.05, 3.63) is 46.7 Å². The molecular formula is C24H33ClFN5O2. The number of benzene rings is 1. The van der Waals surface area contributed by atoms with Crippen molar-refractivity contribution in [3.63, 3.8) is 0 Å². The highest BCUT2D eigenvalue weighted by molar-refractivity contribution is 6.31. The minimum Gasteiger partial charge on any atom is -0.496 e. The monoisotopic (exact) mass is 477 g/mol. The summed E-state index contributed by atoms with van der Waals surface area (Å²) in [6.45, 7) is 7.97. The maximum atomic E-state index is 14.7. The number of likely N-dealkylation sites (N-methyl/N-ethyl adjacent to an activating group) is 1. The summed E-state index contributed by atoms with van der Waals surface area (Å²) in [5, 5.41) is 9.82. The minimum atomic E-state index is -0.777. The fourth-order valence-electron chi connectivity index (χ4n) is 3.38. The largest absolute Gasteiger partial charge is 0.496 e. The lowest BCUT2D eigenvalue weighted by atomic mass is 10.0. The molecule has 0 spiro atoms. The Hall–Kier alpha value is -2.71. The van der Waals surface area contributed by atoms with Gasteiger partial charge in [0.25, 0.3) is 0 Å². The first-order valence-corrected chi connectivity index (χ1v) is 11.4. The Bertz CT molecular complexity index is 1050. The smallest absolute Gasteiger partial charge is 0.239 e. The highest BCUT2D eigenvalue weighted by atomic mass is 35.5. The predicted molar refractivity (Wildman–Crippen MR) is 132 cm³/mol. The van der Waals surface area contributed by atoms with Crippen LogP contribution in [0.2, 0.25) is 0 Å². The quantitative estimate of drug-likeness (QED) is 0.509. The van der Waals surface area contributed by atoms with Gasteiger partial charge in [-0.15, -0.1) is 0 Å². The number of fused-ring (bicyclic) bond motifs is 1. The summed E-state index contributed by atoms with van der Waals surface area (Å²) in [6, 6.07) is 3.69. The zero-order valence-corrected chi connectivity index (χ0v) is 20.9. The Morgan fingerprint density at radius 2 is 2.00 bits per heavy atom. The van der Waals surface area contributed by atoms with Gasteiger partial charge in [0, 0.05) is 30.6 Å². The molecule has 3 N–H and O–H groups in total. The molecule has 1 aromatic heterocycles. The third-order valence-corrected chi connectivity index (χ3v) is 5.57. The van der Waals surface area contributed by atoms with E-state index in [1.54, 1.807) is 40.1 Å². The third-order valence-electron chi connectivity index (χ3n) is 5.25. The summed E-state index contributed by atoms with van der Waals surface area (Å²) in [4.78, 5) is 20.7. The third kappa shape index (κ3) is 6.42. The molecule has 1 aromatic carbocycles. The number of ether oxygens (including phenoxy) is 1. The fraction of sp³-hybridized carbons (Fsp3) is 0.458. The average Bonchev–Trinajstić information content (AvgIpc) is 2.98. The molecule has 0 atom stereocenters. The number of nitrogens with zero attached hydrogens (tertiary/aromatic N) is 2. The molecule has 180 valence electrons. The van der Waals surface area contributed by atoms with Crippen molar-refractivity contribution in [1.82, 2.24) is 20.6 Å². The molecule has 1 aliphatic rings. The van der Waals surface area contributed by atoms with Gasteiger partial charge in [-0.05, 0) is 39.2 Å². The molecule has 9 heteroatoms. The van der Waals surface area contributed by atoms with E-state index in [0.717, 1.165) is 18.4 Å². The second-order valence-electron chi connectivity index (χ2n) is 7.82. The van der Waals surface area contributed by atoms with Crippen LogP contribution in [-0.2, 0) is 11.3 Å². The molecule has 1 aliphatic carbocycles. The molecule has 3 rings (SSSR count). The Morgan fingerprint density at radius 3 is 2.67 bits per heavy atom. The Kier molecular flexibility index (Phi) is 9.61. The zero-order chi connectivity index (χ0) is 24.6. The normalized spacial score (nSPS) is 14.1. The van der Waals surface area contributed by atoms with E-state index in [-0.39, 0.29) is 10.9 Å². The Morgan fingerprint density at radius 1 is 1.27 bits per heavy atom. The average molecular weight is 478 g/mol. The van der Waals surface area contributed by atoms with Gasteiger partial charge in [-0.1, -0.05) is 31.5 Å². The number of rotatable bonds is 7. The van der Waals surface area contributed by atoms with Crippen LogP contribution in [0.1, 0.15) is 52.5 Å². The highest BCUT2D eigenvalue weighted by Gasteiger charge is 2.26. The van der Waals surface area contributed by atoms with Crippen LogP contribution in [0.3, 0.4) is 0 Å². The van der Waals surface area contributed by atoms with Crippen molar-refractivity contribution < 1.29 is 13.9 Å². The number of carbonyl (C=O) groups is 1. The lowest BCUT2D eigenvalue weighted by Gasteiger charge is -2.25. The van der Waals surface area contributed by atoms with Crippen LogP contribution < -0.4 is 20.7 Å². The van der Waals surface area contributed by atoms with Gasteiger partial charge in [-0.2, -0.15) is 0 Å². The van der Waals surface area contributed by atoms with Crippen LogP contribution in [0.5, 0.6) is 5.75 Å². The lowest BCUT2D eigenvalue weighted by molar-refractivity contribution is -0.126. The first-order chi connectivity index (χ1) is 15.8. The van der Waals surface area contributed by atoms with Gasteiger partial charge in [0.1, 0.15) is 17.9 Å². The van der Waals surface area contributed by atoms with Gasteiger partial charge in [-0.25, -0.2) is 14.4 Å². The van der Waals surface area contributed by atoms with Crippen molar-refractivity contribution >= 4 is 34.2 Å². The summed E-state index contributed by atoms with van der Waals surface area (Å²) < 4.78 is 20.2. The van der Waals surface area contributed by atoms with Crippen LogP contribution in [0.25, 0.3) is 10.9 Å². The topological polar surface area (TPSA) is 88.2 Å². The van der Waals surface area contributed by atoms with Crippen LogP contribution in [0.4, 0.5) is 10.2 Å². The van der Waals surface area contributed by atoms with Gasteiger partial charge in [0.15, 0.2) is 5.83 Å². The summed E-state index contributed by atoms with van der Waals surface area (Å²) in [5.41, 5.74) is 1.09. The number of allylic oxidation sites excluding steroid dienone is 4. The van der Waals surface area contributed by atoms with Crippen molar-refractivity contribution in [2.24, 2.45) is 0 Å². The van der Waals surface area contributed by atoms with Gasteiger partial charge < -0.3 is 15.4 Å². The van der Waals surface area contributed by atoms with E-state index in [1.807, 2.05) is 19.9 Å². The second-order valence-corrected chi connectivity index (χ2v) is 8.23. The van der Waals surface area contributed by atoms with E-state index >= 15 is 0 Å².